The molecule has 3 heterocycles. The largest absolute Gasteiger partial charge is 0.334 e. The number of aromatic nitrogens is 3. The minimum absolute atomic E-state index is 0.0144. The Balaban J connectivity index is 1.60. The lowest BCUT2D eigenvalue weighted by Crippen LogP contribution is -2.39. The number of piperidine rings is 1. The third kappa shape index (κ3) is 3.74. The molecule has 1 fully saturated rings. The Bertz CT molecular complexity index is 925. The van der Waals surface area contributed by atoms with Gasteiger partial charge >= 0.3 is 0 Å². The highest BCUT2D eigenvalue weighted by Gasteiger charge is 2.31. The van der Waals surface area contributed by atoms with Crippen molar-refractivity contribution in [3.8, 4) is 11.1 Å². The first-order chi connectivity index (χ1) is 13.2. The molecule has 0 bridgehead atoms. The number of benzene rings is 1. The monoisotopic (exact) mass is 364 g/mol. The average molecular weight is 364 g/mol. The van der Waals surface area contributed by atoms with Crippen molar-refractivity contribution in [2.24, 2.45) is 0 Å². The standard InChI is InChI=1S/C21H21FN4O/c22-17-5-3-4-15(12-17)13-20(27)26-11-2-1-6-19(26)21-18(14-24-25-21)16-7-9-23-10-8-16/h3-5,7-10,12,14,19H,1-2,6,11,13H2,(H,24,25)/t19-/m0/s1. The number of hydrogen-bond acceptors (Lipinski definition) is 3. The van der Waals surface area contributed by atoms with Gasteiger partial charge in [0, 0.05) is 24.5 Å². The first-order valence-electron chi connectivity index (χ1n) is 9.20. The van der Waals surface area contributed by atoms with Crippen molar-refractivity contribution in [3.05, 3.63) is 72.1 Å². The summed E-state index contributed by atoms with van der Waals surface area (Å²) < 4.78 is 13.5. The van der Waals surface area contributed by atoms with Gasteiger partial charge in [0.05, 0.1) is 24.4 Å². The number of hydrogen-bond donors (Lipinski definition) is 1. The molecule has 2 aromatic heterocycles. The molecule has 1 amide bonds. The predicted molar refractivity (Wildman–Crippen MR) is 100 cm³/mol. The first kappa shape index (κ1) is 17.4. The Kier molecular flexibility index (Phi) is 4.96. The Morgan fingerprint density at radius 1 is 1.22 bits per heavy atom. The number of nitrogens with one attached hydrogen (secondary N) is 1. The number of carbonyl (C=O) groups is 1. The molecule has 0 unspecified atom stereocenters. The van der Waals surface area contributed by atoms with Crippen LogP contribution in [-0.2, 0) is 11.2 Å². The molecule has 4 rings (SSSR count). The van der Waals surface area contributed by atoms with E-state index < -0.39 is 0 Å². The normalized spacial score (nSPS) is 17.1. The summed E-state index contributed by atoms with van der Waals surface area (Å²) in [4.78, 5) is 19.0. The summed E-state index contributed by atoms with van der Waals surface area (Å²) in [6.45, 7) is 0.702. The maximum atomic E-state index is 13.5. The SMILES string of the molecule is O=C(Cc1cccc(F)c1)N1CCCC[C@H]1c1[nH]ncc1-c1ccncc1. The second-order valence-electron chi connectivity index (χ2n) is 6.84. The van der Waals surface area contributed by atoms with Gasteiger partial charge in [-0.2, -0.15) is 5.10 Å². The van der Waals surface area contributed by atoms with E-state index in [0.29, 0.717) is 12.1 Å². The van der Waals surface area contributed by atoms with Crippen molar-refractivity contribution in [1.29, 1.82) is 0 Å². The van der Waals surface area contributed by atoms with E-state index in [9.17, 15) is 9.18 Å². The minimum Gasteiger partial charge on any atom is -0.334 e. The zero-order chi connectivity index (χ0) is 18.6. The van der Waals surface area contributed by atoms with Crippen LogP contribution in [0.5, 0.6) is 0 Å². The number of halogens is 1. The van der Waals surface area contributed by atoms with Crippen molar-refractivity contribution in [2.75, 3.05) is 6.54 Å². The predicted octanol–water partition coefficient (Wildman–Crippen LogP) is 3.91. The molecule has 6 heteroatoms. The minimum atomic E-state index is -0.316. The molecule has 0 spiro atoms. The number of likely N-dealkylation sites (tertiary alicyclic amines) is 1. The molecule has 0 radical (unpaired) electrons. The van der Waals surface area contributed by atoms with Gasteiger partial charge in [-0.25, -0.2) is 4.39 Å². The van der Waals surface area contributed by atoms with Crippen molar-refractivity contribution in [2.45, 2.75) is 31.7 Å². The van der Waals surface area contributed by atoms with Crippen LogP contribution in [0.4, 0.5) is 4.39 Å². The van der Waals surface area contributed by atoms with Crippen molar-refractivity contribution < 1.29 is 9.18 Å². The highest BCUT2D eigenvalue weighted by Crippen LogP contribution is 2.35. The summed E-state index contributed by atoms with van der Waals surface area (Å²) in [6, 6.07) is 10.1. The molecule has 1 atom stereocenters. The smallest absolute Gasteiger partial charge is 0.227 e. The molecule has 0 aliphatic carbocycles. The number of pyridine rings is 1. The number of amides is 1. The van der Waals surface area contributed by atoms with Crippen LogP contribution in [0, 0.1) is 5.82 Å². The van der Waals surface area contributed by atoms with Gasteiger partial charge in [-0.05, 0) is 54.7 Å². The van der Waals surface area contributed by atoms with E-state index in [1.807, 2.05) is 17.0 Å². The van der Waals surface area contributed by atoms with E-state index in [0.717, 1.165) is 36.1 Å². The maximum absolute atomic E-state index is 13.5. The number of nitrogens with zero attached hydrogens (tertiary/aromatic N) is 3. The average Bonchev–Trinajstić information content (AvgIpc) is 3.18. The number of carbonyl (C=O) groups excluding carboxylic acids is 1. The molecule has 138 valence electrons. The van der Waals surface area contributed by atoms with Crippen molar-refractivity contribution in [3.63, 3.8) is 0 Å². The number of aromatic amines is 1. The zero-order valence-electron chi connectivity index (χ0n) is 14.9. The zero-order valence-corrected chi connectivity index (χ0v) is 14.9. The van der Waals surface area contributed by atoms with E-state index in [4.69, 9.17) is 0 Å². The number of rotatable bonds is 4. The Labute approximate surface area is 157 Å². The van der Waals surface area contributed by atoms with Crippen LogP contribution in [0.3, 0.4) is 0 Å². The molecule has 1 aliphatic rings. The highest BCUT2D eigenvalue weighted by molar-refractivity contribution is 5.80. The van der Waals surface area contributed by atoms with Gasteiger partial charge in [-0.15, -0.1) is 0 Å². The second-order valence-corrected chi connectivity index (χ2v) is 6.84. The summed E-state index contributed by atoms with van der Waals surface area (Å²) in [5.74, 6) is -0.301. The van der Waals surface area contributed by atoms with Crippen LogP contribution in [0.2, 0.25) is 0 Å². The molecule has 1 aliphatic heterocycles. The van der Waals surface area contributed by atoms with Crippen molar-refractivity contribution in [1.82, 2.24) is 20.1 Å². The van der Waals surface area contributed by atoms with Gasteiger partial charge in [-0.1, -0.05) is 12.1 Å². The molecule has 0 saturated carbocycles. The summed E-state index contributed by atoms with van der Waals surface area (Å²) in [6.07, 6.45) is 8.42. The highest BCUT2D eigenvalue weighted by atomic mass is 19.1. The Morgan fingerprint density at radius 3 is 2.89 bits per heavy atom. The van der Waals surface area contributed by atoms with Crippen molar-refractivity contribution >= 4 is 5.91 Å². The third-order valence-electron chi connectivity index (χ3n) is 5.06. The Hall–Kier alpha value is -3.02. The van der Waals surface area contributed by atoms with Gasteiger partial charge in [0.25, 0.3) is 0 Å². The van der Waals surface area contributed by atoms with Crippen LogP contribution >= 0.6 is 0 Å². The van der Waals surface area contributed by atoms with E-state index in [1.54, 1.807) is 30.7 Å². The fourth-order valence-electron chi connectivity index (χ4n) is 3.76. The summed E-state index contributed by atoms with van der Waals surface area (Å²) in [5.41, 5.74) is 3.67. The molecule has 1 saturated heterocycles. The molecular weight excluding hydrogens is 343 g/mol. The molecule has 1 aromatic carbocycles. The molecule has 1 N–H and O–H groups in total. The molecule has 3 aromatic rings. The van der Waals surface area contributed by atoms with Crippen LogP contribution < -0.4 is 0 Å². The maximum Gasteiger partial charge on any atom is 0.227 e. The van der Waals surface area contributed by atoms with Crippen LogP contribution in [0.15, 0.2) is 55.0 Å². The van der Waals surface area contributed by atoms with Gasteiger partial charge in [0.2, 0.25) is 5.91 Å². The van der Waals surface area contributed by atoms with E-state index in [2.05, 4.69) is 15.2 Å². The molecular formula is C21H21FN4O. The Morgan fingerprint density at radius 2 is 2.07 bits per heavy atom. The lowest BCUT2D eigenvalue weighted by atomic mass is 9.94. The number of H-pyrrole nitrogens is 1. The second kappa shape index (κ2) is 7.70. The molecule has 5 nitrogen and oxygen atoms in total. The van der Waals surface area contributed by atoms with Gasteiger partial charge in [-0.3, -0.25) is 14.9 Å². The van der Waals surface area contributed by atoms with Crippen LogP contribution in [0.25, 0.3) is 11.1 Å². The van der Waals surface area contributed by atoms with Gasteiger partial charge in [0.1, 0.15) is 5.82 Å². The van der Waals surface area contributed by atoms with Crippen LogP contribution in [0.1, 0.15) is 36.6 Å². The lowest BCUT2D eigenvalue weighted by Gasteiger charge is -2.36. The van der Waals surface area contributed by atoms with E-state index in [-0.39, 0.29) is 24.2 Å². The van der Waals surface area contributed by atoms with E-state index in [1.165, 1.54) is 12.1 Å². The fraction of sp³-hybridized carbons (Fsp3) is 0.286. The summed E-state index contributed by atoms with van der Waals surface area (Å²) >= 11 is 0. The third-order valence-corrected chi connectivity index (χ3v) is 5.06. The summed E-state index contributed by atoms with van der Waals surface area (Å²) in [5, 5.41) is 7.34. The van der Waals surface area contributed by atoms with Gasteiger partial charge < -0.3 is 4.90 Å². The topological polar surface area (TPSA) is 61.9 Å². The van der Waals surface area contributed by atoms with E-state index >= 15 is 0 Å². The molecule has 27 heavy (non-hydrogen) atoms. The van der Waals surface area contributed by atoms with Crippen LogP contribution in [-0.4, -0.2) is 32.5 Å². The first-order valence-corrected chi connectivity index (χ1v) is 9.20. The fourth-order valence-corrected chi connectivity index (χ4v) is 3.76. The quantitative estimate of drug-likeness (QED) is 0.764. The lowest BCUT2D eigenvalue weighted by molar-refractivity contribution is -0.134. The summed E-state index contributed by atoms with van der Waals surface area (Å²) in [7, 11) is 0. The van der Waals surface area contributed by atoms with Gasteiger partial charge in [0.15, 0.2) is 0 Å².